The fourth-order valence-corrected chi connectivity index (χ4v) is 1.22. The molecule has 0 N–H and O–H groups in total. The summed E-state index contributed by atoms with van der Waals surface area (Å²) in [4.78, 5) is 0. The summed E-state index contributed by atoms with van der Waals surface area (Å²) in [5, 5.41) is 0. The summed E-state index contributed by atoms with van der Waals surface area (Å²) in [6.07, 6.45) is -0.811. The SMILES string of the molecule is CCOCC(OCC)OC(COCC)OCC. The Morgan fingerprint density at radius 1 is 0.647 bits per heavy atom. The lowest BCUT2D eigenvalue weighted by molar-refractivity contribution is -0.268. The largest absolute Gasteiger partial charge is 0.376 e. The molecule has 0 amide bonds. The average molecular weight is 250 g/mol. The van der Waals surface area contributed by atoms with E-state index in [1.165, 1.54) is 0 Å². The van der Waals surface area contributed by atoms with Crippen LogP contribution in [0.15, 0.2) is 0 Å². The normalized spacial score (nSPS) is 14.8. The molecule has 0 aromatic carbocycles. The lowest BCUT2D eigenvalue weighted by atomic mass is 10.6. The molecule has 0 aliphatic rings. The fraction of sp³-hybridized carbons (Fsp3) is 1.00. The predicted molar refractivity (Wildman–Crippen MR) is 64.9 cm³/mol. The Kier molecular flexibility index (Phi) is 12.1. The lowest BCUT2D eigenvalue weighted by Gasteiger charge is -2.24. The number of ether oxygens (including phenoxy) is 5. The fourth-order valence-electron chi connectivity index (χ4n) is 1.22. The van der Waals surface area contributed by atoms with Crippen molar-refractivity contribution in [1.82, 2.24) is 0 Å². The Morgan fingerprint density at radius 3 is 1.35 bits per heavy atom. The molecule has 5 nitrogen and oxygen atoms in total. The van der Waals surface area contributed by atoms with Crippen molar-refractivity contribution in [2.75, 3.05) is 39.6 Å². The van der Waals surface area contributed by atoms with Gasteiger partial charge in [-0.15, -0.1) is 0 Å². The third-order valence-corrected chi connectivity index (χ3v) is 1.92. The van der Waals surface area contributed by atoms with Gasteiger partial charge in [0, 0.05) is 26.4 Å². The molecule has 0 rings (SSSR count). The van der Waals surface area contributed by atoms with Gasteiger partial charge in [-0.3, -0.25) is 0 Å². The van der Waals surface area contributed by atoms with Crippen molar-refractivity contribution < 1.29 is 23.7 Å². The van der Waals surface area contributed by atoms with Crippen LogP contribution in [0.5, 0.6) is 0 Å². The van der Waals surface area contributed by atoms with Gasteiger partial charge in [-0.05, 0) is 27.7 Å². The van der Waals surface area contributed by atoms with Crippen LogP contribution in [0.1, 0.15) is 27.7 Å². The van der Waals surface area contributed by atoms with Crippen molar-refractivity contribution in [2.24, 2.45) is 0 Å². The van der Waals surface area contributed by atoms with Gasteiger partial charge in [0.1, 0.15) is 0 Å². The summed E-state index contributed by atoms with van der Waals surface area (Å²) in [7, 11) is 0. The van der Waals surface area contributed by atoms with E-state index in [-0.39, 0.29) is 0 Å². The Labute approximate surface area is 104 Å². The predicted octanol–water partition coefficient (Wildman–Crippen LogP) is 1.80. The topological polar surface area (TPSA) is 46.2 Å². The van der Waals surface area contributed by atoms with Gasteiger partial charge in [0.15, 0.2) is 12.6 Å². The molecular formula is C12H26O5. The van der Waals surface area contributed by atoms with Crippen molar-refractivity contribution in [2.45, 2.75) is 40.3 Å². The average Bonchev–Trinajstić information content (AvgIpc) is 2.33. The van der Waals surface area contributed by atoms with E-state index in [1.807, 2.05) is 27.7 Å². The van der Waals surface area contributed by atoms with Crippen molar-refractivity contribution in [3.8, 4) is 0 Å². The van der Waals surface area contributed by atoms with Crippen LogP contribution in [0.4, 0.5) is 0 Å². The quantitative estimate of drug-likeness (QED) is 0.494. The van der Waals surface area contributed by atoms with Gasteiger partial charge >= 0.3 is 0 Å². The molecule has 17 heavy (non-hydrogen) atoms. The first kappa shape index (κ1) is 16.8. The standard InChI is InChI=1S/C12H26O5/c1-5-13-9-11(15-7-3)17-12(16-8-4)10-14-6-2/h11-12H,5-10H2,1-4H3. The first-order valence-corrected chi connectivity index (χ1v) is 6.32. The molecule has 0 bridgehead atoms. The van der Waals surface area contributed by atoms with Gasteiger partial charge in [0.05, 0.1) is 13.2 Å². The first-order chi connectivity index (χ1) is 8.28. The zero-order valence-corrected chi connectivity index (χ0v) is 11.4. The molecule has 0 saturated heterocycles. The van der Waals surface area contributed by atoms with E-state index >= 15 is 0 Å². The maximum absolute atomic E-state index is 5.64. The minimum Gasteiger partial charge on any atom is -0.376 e. The second kappa shape index (κ2) is 12.3. The van der Waals surface area contributed by atoms with Crippen molar-refractivity contribution in [1.29, 1.82) is 0 Å². The summed E-state index contributed by atoms with van der Waals surface area (Å²) in [6, 6.07) is 0. The Hall–Kier alpha value is -0.200. The van der Waals surface area contributed by atoms with Gasteiger partial charge in [0.2, 0.25) is 0 Å². The number of rotatable bonds is 12. The monoisotopic (exact) mass is 250 g/mol. The number of hydrogen-bond acceptors (Lipinski definition) is 5. The second-order valence-corrected chi connectivity index (χ2v) is 3.22. The van der Waals surface area contributed by atoms with E-state index < -0.39 is 12.6 Å². The van der Waals surface area contributed by atoms with Crippen LogP contribution in [0.3, 0.4) is 0 Å². The van der Waals surface area contributed by atoms with Gasteiger partial charge in [-0.25, -0.2) is 0 Å². The highest BCUT2D eigenvalue weighted by atomic mass is 16.8. The van der Waals surface area contributed by atoms with Crippen LogP contribution < -0.4 is 0 Å². The minimum absolute atomic E-state index is 0.403. The molecule has 2 unspecified atom stereocenters. The van der Waals surface area contributed by atoms with Crippen LogP contribution in [0.2, 0.25) is 0 Å². The van der Waals surface area contributed by atoms with E-state index in [2.05, 4.69) is 0 Å². The molecule has 104 valence electrons. The molecule has 0 radical (unpaired) electrons. The summed E-state index contributed by atoms with van der Waals surface area (Å²) >= 11 is 0. The molecule has 0 aliphatic heterocycles. The molecule has 0 spiro atoms. The molecule has 0 aromatic heterocycles. The summed E-state index contributed by atoms with van der Waals surface area (Å²) in [6.45, 7) is 10.9. The van der Waals surface area contributed by atoms with Crippen molar-refractivity contribution >= 4 is 0 Å². The molecule has 0 heterocycles. The maximum Gasteiger partial charge on any atom is 0.183 e. The van der Waals surface area contributed by atoms with Crippen LogP contribution >= 0.6 is 0 Å². The van der Waals surface area contributed by atoms with E-state index in [0.29, 0.717) is 39.6 Å². The van der Waals surface area contributed by atoms with Crippen LogP contribution in [-0.4, -0.2) is 52.2 Å². The zero-order chi connectivity index (χ0) is 12.9. The van der Waals surface area contributed by atoms with Crippen molar-refractivity contribution in [3.05, 3.63) is 0 Å². The second-order valence-electron chi connectivity index (χ2n) is 3.22. The smallest absolute Gasteiger partial charge is 0.183 e. The highest BCUT2D eigenvalue weighted by molar-refractivity contribution is 4.48. The van der Waals surface area contributed by atoms with Gasteiger partial charge in [-0.2, -0.15) is 0 Å². The summed E-state index contributed by atoms with van der Waals surface area (Å²) in [5.74, 6) is 0. The van der Waals surface area contributed by atoms with E-state index in [4.69, 9.17) is 23.7 Å². The van der Waals surface area contributed by atoms with E-state index in [0.717, 1.165) is 0 Å². The maximum atomic E-state index is 5.64. The Bertz CT molecular complexity index is 138. The molecule has 0 saturated carbocycles. The van der Waals surface area contributed by atoms with Gasteiger partial charge in [-0.1, -0.05) is 0 Å². The van der Waals surface area contributed by atoms with Gasteiger partial charge < -0.3 is 23.7 Å². The molecule has 0 aromatic rings. The third-order valence-electron chi connectivity index (χ3n) is 1.92. The van der Waals surface area contributed by atoms with E-state index in [9.17, 15) is 0 Å². The summed E-state index contributed by atoms with van der Waals surface area (Å²) < 4.78 is 27.0. The number of hydrogen-bond donors (Lipinski definition) is 0. The molecule has 5 heteroatoms. The highest BCUT2D eigenvalue weighted by Crippen LogP contribution is 2.05. The third kappa shape index (κ3) is 9.50. The van der Waals surface area contributed by atoms with Crippen LogP contribution in [-0.2, 0) is 23.7 Å². The van der Waals surface area contributed by atoms with Crippen LogP contribution in [0, 0.1) is 0 Å². The Morgan fingerprint density at radius 2 is 1.06 bits per heavy atom. The van der Waals surface area contributed by atoms with E-state index in [1.54, 1.807) is 0 Å². The molecule has 0 aliphatic carbocycles. The Balaban J connectivity index is 4.02. The molecule has 2 atom stereocenters. The minimum atomic E-state index is -0.406. The molecular weight excluding hydrogens is 224 g/mol. The van der Waals surface area contributed by atoms with Crippen LogP contribution in [0.25, 0.3) is 0 Å². The lowest BCUT2D eigenvalue weighted by Crippen LogP contribution is -2.33. The van der Waals surface area contributed by atoms with Gasteiger partial charge in [0.25, 0.3) is 0 Å². The first-order valence-electron chi connectivity index (χ1n) is 6.32. The van der Waals surface area contributed by atoms with Crippen molar-refractivity contribution in [3.63, 3.8) is 0 Å². The highest BCUT2D eigenvalue weighted by Gasteiger charge is 2.17. The summed E-state index contributed by atoms with van der Waals surface area (Å²) in [5.41, 5.74) is 0. The molecule has 0 fully saturated rings. The zero-order valence-electron chi connectivity index (χ0n) is 11.4.